The molecule has 4 heterocycles. The number of hydrogen-bond acceptors (Lipinski definition) is 5. The number of aryl methyl sites for hydroxylation is 1. The molecule has 3 aromatic heterocycles. The van der Waals surface area contributed by atoms with Gasteiger partial charge in [0.1, 0.15) is 11.5 Å². The van der Waals surface area contributed by atoms with Crippen LogP contribution in [-0.2, 0) is 4.74 Å². The van der Waals surface area contributed by atoms with Crippen LogP contribution < -0.4 is 4.90 Å². The lowest BCUT2D eigenvalue weighted by Gasteiger charge is -2.34. The lowest BCUT2D eigenvalue weighted by atomic mass is 10.0. The van der Waals surface area contributed by atoms with Gasteiger partial charge < -0.3 is 9.64 Å². The van der Waals surface area contributed by atoms with E-state index in [0.29, 0.717) is 24.6 Å². The topological polar surface area (TPSA) is 71.3 Å². The average molecular weight is 392 g/mol. The number of H-pyrrole nitrogens is 1. The molecule has 8 heteroatoms. The van der Waals surface area contributed by atoms with E-state index in [-0.39, 0.29) is 11.9 Å². The minimum absolute atomic E-state index is 0.169. The zero-order valence-electron chi connectivity index (χ0n) is 16.3. The van der Waals surface area contributed by atoms with Gasteiger partial charge in [0.2, 0.25) is 0 Å². The van der Waals surface area contributed by atoms with Crippen LogP contribution in [-0.4, -0.2) is 50.6 Å². The van der Waals surface area contributed by atoms with Crippen molar-refractivity contribution in [2.45, 2.75) is 19.9 Å². The molecule has 0 unspecified atom stereocenters. The van der Waals surface area contributed by atoms with Crippen molar-refractivity contribution < 1.29 is 9.13 Å². The number of imidazole rings is 1. The van der Waals surface area contributed by atoms with E-state index in [4.69, 9.17) is 14.8 Å². The van der Waals surface area contributed by atoms with Crippen LogP contribution in [0.5, 0.6) is 0 Å². The molecule has 1 fully saturated rings. The Hall–Kier alpha value is -3.26. The molecule has 0 bridgehead atoms. The van der Waals surface area contributed by atoms with Crippen molar-refractivity contribution in [2.24, 2.45) is 0 Å². The Labute approximate surface area is 167 Å². The third kappa shape index (κ3) is 2.96. The van der Waals surface area contributed by atoms with Gasteiger partial charge in [-0.2, -0.15) is 5.10 Å². The molecule has 1 aliphatic rings. The smallest absolute Gasteiger partial charge is 0.179 e. The van der Waals surface area contributed by atoms with E-state index < -0.39 is 0 Å². The molecule has 1 aromatic carbocycles. The fraction of sp³-hybridized carbons (Fsp3) is 0.286. The summed E-state index contributed by atoms with van der Waals surface area (Å²) < 4.78 is 22.1. The Bertz CT molecular complexity index is 1170. The second kappa shape index (κ2) is 6.97. The van der Waals surface area contributed by atoms with Crippen LogP contribution in [0, 0.1) is 12.7 Å². The van der Waals surface area contributed by atoms with E-state index in [2.05, 4.69) is 22.0 Å². The summed E-state index contributed by atoms with van der Waals surface area (Å²) in [4.78, 5) is 6.91. The summed E-state index contributed by atoms with van der Waals surface area (Å²) in [6.07, 6.45) is 1.68. The van der Waals surface area contributed by atoms with E-state index >= 15 is 0 Å². The quantitative estimate of drug-likeness (QED) is 0.578. The molecule has 1 aliphatic heterocycles. The van der Waals surface area contributed by atoms with Crippen LogP contribution >= 0.6 is 0 Å². The van der Waals surface area contributed by atoms with E-state index in [1.54, 1.807) is 22.8 Å². The first-order valence-corrected chi connectivity index (χ1v) is 9.63. The number of rotatable bonds is 3. The SMILES string of the molecule is Cc1nc(-c2ccn[nH]2)n2nc(N3CCOC[C@H]3C)cc(-c3ccccc3F)c12. The van der Waals surface area contributed by atoms with Crippen molar-refractivity contribution in [3.05, 3.63) is 54.1 Å². The van der Waals surface area contributed by atoms with Crippen molar-refractivity contribution in [2.75, 3.05) is 24.7 Å². The van der Waals surface area contributed by atoms with Crippen LogP contribution in [0.2, 0.25) is 0 Å². The first kappa shape index (κ1) is 17.8. The summed E-state index contributed by atoms with van der Waals surface area (Å²) in [5.74, 6) is 1.14. The molecule has 29 heavy (non-hydrogen) atoms. The fourth-order valence-electron chi connectivity index (χ4n) is 3.90. The molecule has 0 radical (unpaired) electrons. The molecule has 0 spiro atoms. The normalized spacial score (nSPS) is 17.2. The average Bonchev–Trinajstić information content (AvgIpc) is 3.36. The Balaban J connectivity index is 1.81. The highest BCUT2D eigenvalue weighted by Crippen LogP contribution is 2.34. The number of morpholine rings is 1. The molecular weight excluding hydrogens is 371 g/mol. The van der Waals surface area contributed by atoms with Crippen LogP contribution in [0.15, 0.2) is 42.6 Å². The summed E-state index contributed by atoms with van der Waals surface area (Å²) in [6.45, 7) is 6.01. The monoisotopic (exact) mass is 392 g/mol. The molecule has 148 valence electrons. The summed E-state index contributed by atoms with van der Waals surface area (Å²) in [5.41, 5.74) is 3.61. The largest absolute Gasteiger partial charge is 0.377 e. The predicted octanol–water partition coefficient (Wildman–Crippen LogP) is 3.46. The number of ether oxygens (including phenoxy) is 1. The lowest BCUT2D eigenvalue weighted by Crippen LogP contribution is -2.44. The van der Waals surface area contributed by atoms with E-state index in [1.807, 2.05) is 25.1 Å². The highest BCUT2D eigenvalue weighted by atomic mass is 19.1. The van der Waals surface area contributed by atoms with Crippen LogP contribution in [0.1, 0.15) is 12.6 Å². The van der Waals surface area contributed by atoms with Gasteiger partial charge in [-0.3, -0.25) is 5.10 Å². The molecule has 7 nitrogen and oxygen atoms in total. The third-order valence-electron chi connectivity index (χ3n) is 5.33. The third-order valence-corrected chi connectivity index (χ3v) is 5.33. The summed E-state index contributed by atoms with van der Waals surface area (Å²) >= 11 is 0. The first-order valence-electron chi connectivity index (χ1n) is 9.63. The van der Waals surface area contributed by atoms with Crippen LogP contribution in [0.4, 0.5) is 10.2 Å². The summed E-state index contributed by atoms with van der Waals surface area (Å²) in [5, 5.41) is 11.9. The number of nitrogens with one attached hydrogen (secondary N) is 1. The predicted molar refractivity (Wildman–Crippen MR) is 108 cm³/mol. The van der Waals surface area contributed by atoms with Crippen molar-refractivity contribution in [1.82, 2.24) is 24.8 Å². The van der Waals surface area contributed by atoms with Gasteiger partial charge in [0, 0.05) is 23.9 Å². The van der Waals surface area contributed by atoms with Gasteiger partial charge in [-0.05, 0) is 32.0 Å². The minimum atomic E-state index is -0.273. The number of aromatic nitrogens is 5. The van der Waals surface area contributed by atoms with Crippen molar-refractivity contribution in [3.8, 4) is 22.6 Å². The standard InChI is InChI=1S/C21H21FN6O/c1-13-12-29-10-9-27(13)19-11-16(15-5-3-4-6-17(15)22)20-14(2)24-21(28(20)26-19)18-7-8-23-25-18/h3-8,11,13H,9-10,12H2,1-2H3,(H,23,25)/t13-/m1/s1. The second-order valence-electron chi connectivity index (χ2n) is 7.26. The van der Waals surface area contributed by atoms with E-state index in [1.165, 1.54) is 6.07 Å². The van der Waals surface area contributed by atoms with Gasteiger partial charge in [-0.15, -0.1) is 5.10 Å². The summed E-state index contributed by atoms with van der Waals surface area (Å²) in [7, 11) is 0. The van der Waals surface area contributed by atoms with E-state index in [9.17, 15) is 4.39 Å². The van der Waals surface area contributed by atoms with Gasteiger partial charge in [0.15, 0.2) is 11.6 Å². The highest BCUT2D eigenvalue weighted by Gasteiger charge is 2.25. The van der Waals surface area contributed by atoms with Gasteiger partial charge >= 0.3 is 0 Å². The Morgan fingerprint density at radius 1 is 1.21 bits per heavy atom. The molecule has 1 N–H and O–H groups in total. The first-order chi connectivity index (χ1) is 14.1. The van der Waals surface area contributed by atoms with Crippen molar-refractivity contribution in [3.63, 3.8) is 0 Å². The molecule has 1 atom stereocenters. The number of benzene rings is 1. The second-order valence-corrected chi connectivity index (χ2v) is 7.26. The van der Waals surface area contributed by atoms with Gasteiger partial charge in [-0.25, -0.2) is 13.9 Å². The number of fused-ring (bicyclic) bond motifs is 1. The van der Waals surface area contributed by atoms with Crippen molar-refractivity contribution >= 4 is 11.3 Å². The highest BCUT2D eigenvalue weighted by molar-refractivity contribution is 5.85. The number of aromatic amines is 1. The number of anilines is 1. The zero-order valence-corrected chi connectivity index (χ0v) is 16.3. The minimum Gasteiger partial charge on any atom is -0.377 e. The van der Waals surface area contributed by atoms with Crippen LogP contribution in [0.25, 0.3) is 28.2 Å². The molecular formula is C21H21FN6O. The Morgan fingerprint density at radius 2 is 2.07 bits per heavy atom. The Kier molecular flexibility index (Phi) is 4.28. The number of nitrogens with zero attached hydrogens (tertiary/aromatic N) is 5. The molecule has 0 aliphatic carbocycles. The maximum absolute atomic E-state index is 14.8. The zero-order chi connectivity index (χ0) is 20.0. The van der Waals surface area contributed by atoms with Gasteiger partial charge in [0.05, 0.1) is 30.5 Å². The van der Waals surface area contributed by atoms with E-state index in [0.717, 1.165) is 34.8 Å². The molecule has 1 saturated heterocycles. The molecule has 0 saturated carbocycles. The summed E-state index contributed by atoms with van der Waals surface area (Å²) in [6, 6.07) is 10.8. The van der Waals surface area contributed by atoms with Gasteiger partial charge in [-0.1, -0.05) is 18.2 Å². The molecule has 5 rings (SSSR count). The number of hydrogen-bond donors (Lipinski definition) is 1. The maximum atomic E-state index is 14.8. The maximum Gasteiger partial charge on any atom is 0.179 e. The lowest BCUT2D eigenvalue weighted by molar-refractivity contribution is 0.0984. The molecule has 0 amide bonds. The van der Waals surface area contributed by atoms with Crippen molar-refractivity contribution in [1.29, 1.82) is 0 Å². The Morgan fingerprint density at radius 3 is 2.83 bits per heavy atom. The van der Waals surface area contributed by atoms with Gasteiger partial charge in [0.25, 0.3) is 0 Å². The number of halogens is 1. The molecule has 4 aromatic rings. The van der Waals surface area contributed by atoms with Crippen LogP contribution in [0.3, 0.4) is 0 Å². The fourth-order valence-corrected chi connectivity index (χ4v) is 3.90.